The van der Waals surface area contributed by atoms with Crippen molar-refractivity contribution in [2.75, 3.05) is 54.6 Å². The Labute approximate surface area is 178 Å². The third kappa shape index (κ3) is 5.43. The molecule has 2 aromatic carbocycles. The van der Waals surface area contributed by atoms with Gasteiger partial charge in [0.05, 0.1) is 26.9 Å². The average Bonchev–Trinajstić information content (AvgIpc) is 2.78. The van der Waals surface area contributed by atoms with Gasteiger partial charge in [-0.1, -0.05) is 24.3 Å². The Balaban J connectivity index is 1.65. The highest BCUT2D eigenvalue weighted by Gasteiger charge is 2.18. The van der Waals surface area contributed by atoms with Crippen LogP contribution in [0.3, 0.4) is 0 Å². The smallest absolute Gasteiger partial charge is 0.255 e. The van der Waals surface area contributed by atoms with Gasteiger partial charge >= 0.3 is 0 Å². The molecule has 7 nitrogen and oxygen atoms in total. The first-order valence-corrected chi connectivity index (χ1v) is 10.1. The number of rotatable bonds is 8. The summed E-state index contributed by atoms with van der Waals surface area (Å²) in [4.78, 5) is 17.6. The molecule has 1 aliphatic heterocycles. The maximum atomic E-state index is 12.8. The molecule has 30 heavy (non-hydrogen) atoms. The Hall–Kier alpha value is -2.77. The van der Waals surface area contributed by atoms with Gasteiger partial charge in [0.25, 0.3) is 5.91 Å². The van der Waals surface area contributed by atoms with E-state index < -0.39 is 0 Å². The Morgan fingerprint density at radius 1 is 0.900 bits per heavy atom. The number of amides is 1. The number of benzene rings is 2. The van der Waals surface area contributed by atoms with Crippen molar-refractivity contribution in [2.24, 2.45) is 0 Å². The number of likely N-dealkylation sites (N-methyl/N-ethyl adjacent to an activating group) is 1. The number of carbonyl (C=O) groups is 1. The quantitative estimate of drug-likeness (QED) is 0.717. The summed E-state index contributed by atoms with van der Waals surface area (Å²) in [6.07, 6.45) is 0. The molecule has 0 aromatic heterocycles. The molecule has 0 bridgehead atoms. The van der Waals surface area contributed by atoms with E-state index in [1.807, 2.05) is 12.1 Å². The molecular weight excluding hydrogens is 382 g/mol. The molecule has 1 amide bonds. The van der Waals surface area contributed by atoms with Crippen LogP contribution >= 0.6 is 0 Å². The zero-order chi connectivity index (χ0) is 21.5. The van der Waals surface area contributed by atoms with E-state index in [1.165, 1.54) is 19.8 Å². The molecule has 0 spiro atoms. The van der Waals surface area contributed by atoms with Crippen molar-refractivity contribution in [3.63, 3.8) is 0 Å². The van der Waals surface area contributed by atoms with Crippen LogP contribution in [0.25, 0.3) is 0 Å². The number of nitrogens with zero attached hydrogens (tertiary/aromatic N) is 2. The van der Waals surface area contributed by atoms with E-state index in [1.54, 1.807) is 19.2 Å². The largest absolute Gasteiger partial charge is 0.496 e. The Bertz CT molecular complexity index is 864. The number of hydrogen-bond acceptors (Lipinski definition) is 6. The van der Waals surface area contributed by atoms with Crippen LogP contribution in [0.2, 0.25) is 0 Å². The van der Waals surface area contributed by atoms with Gasteiger partial charge in [-0.3, -0.25) is 9.69 Å². The van der Waals surface area contributed by atoms with Gasteiger partial charge in [0.1, 0.15) is 5.75 Å². The van der Waals surface area contributed by atoms with E-state index in [4.69, 9.17) is 14.2 Å². The predicted octanol–water partition coefficient (Wildman–Crippen LogP) is 2.39. The third-order valence-electron chi connectivity index (χ3n) is 5.40. The van der Waals surface area contributed by atoms with Crippen molar-refractivity contribution < 1.29 is 19.0 Å². The van der Waals surface area contributed by atoms with Crippen LogP contribution in [-0.4, -0.2) is 70.3 Å². The van der Waals surface area contributed by atoms with E-state index in [0.29, 0.717) is 29.4 Å². The Kier molecular flexibility index (Phi) is 7.54. The first kappa shape index (κ1) is 21.9. The van der Waals surface area contributed by atoms with Crippen LogP contribution in [-0.2, 0) is 13.1 Å². The molecule has 1 aliphatic rings. The van der Waals surface area contributed by atoms with E-state index in [0.717, 1.165) is 38.3 Å². The zero-order valence-electron chi connectivity index (χ0n) is 18.2. The van der Waals surface area contributed by atoms with Crippen molar-refractivity contribution in [3.05, 3.63) is 53.1 Å². The summed E-state index contributed by atoms with van der Waals surface area (Å²) in [5.74, 6) is 1.21. The molecule has 0 atom stereocenters. The van der Waals surface area contributed by atoms with Gasteiger partial charge in [-0.15, -0.1) is 0 Å². The lowest BCUT2D eigenvalue weighted by Crippen LogP contribution is -2.43. The second-order valence-corrected chi connectivity index (χ2v) is 7.49. The number of ether oxygens (including phenoxy) is 3. The fourth-order valence-corrected chi connectivity index (χ4v) is 3.59. The van der Waals surface area contributed by atoms with Gasteiger partial charge in [-0.05, 0) is 18.2 Å². The average molecular weight is 414 g/mol. The lowest BCUT2D eigenvalue weighted by molar-refractivity contribution is 0.0947. The molecule has 1 saturated heterocycles. The SMILES string of the molecule is COc1cc(OC)c(C(=O)NCc2cccc(CN3CCN(C)CC3)c2)cc1OC. The van der Waals surface area contributed by atoms with Crippen molar-refractivity contribution in [1.29, 1.82) is 0 Å². The van der Waals surface area contributed by atoms with E-state index >= 15 is 0 Å². The first-order chi connectivity index (χ1) is 14.5. The number of piperazine rings is 1. The molecular formula is C23H31N3O4. The summed E-state index contributed by atoms with van der Waals surface area (Å²) < 4.78 is 16.0. The van der Waals surface area contributed by atoms with Crippen molar-refractivity contribution in [3.8, 4) is 17.2 Å². The molecule has 1 N–H and O–H groups in total. The second kappa shape index (κ2) is 10.3. The molecule has 1 fully saturated rings. The van der Waals surface area contributed by atoms with Crippen LogP contribution in [0.1, 0.15) is 21.5 Å². The zero-order valence-corrected chi connectivity index (χ0v) is 18.2. The topological polar surface area (TPSA) is 63.3 Å². The molecule has 7 heteroatoms. The highest BCUT2D eigenvalue weighted by atomic mass is 16.5. The van der Waals surface area contributed by atoms with Crippen molar-refractivity contribution in [2.45, 2.75) is 13.1 Å². The van der Waals surface area contributed by atoms with Crippen LogP contribution in [0.5, 0.6) is 17.2 Å². The van der Waals surface area contributed by atoms with Gasteiger partial charge < -0.3 is 24.4 Å². The summed E-state index contributed by atoms with van der Waals surface area (Å²) in [5.41, 5.74) is 2.73. The molecule has 162 valence electrons. The number of carbonyl (C=O) groups excluding carboxylic acids is 1. The Morgan fingerprint density at radius 2 is 1.53 bits per heavy atom. The third-order valence-corrected chi connectivity index (χ3v) is 5.40. The molecule has 0 unspecified atom stereocenters. The van der Waals surface area contributed by atoms with Crippen LogP contribution in [0.15, 0.2) is 36.4 Å². The Morgan fingerprint density at radius 3 is 2.20 bits per heavy atom. The molecule has 3 rings (SSSR count). The molecule has 1 heterocycles. The lowest BCUT2D eigenvalue weighted by atomic mass is 10.1. The van der Waals surface area contributed by atoms with Crippen LogP contribution < -0.4 is 19.5 Å². The fraction of sp³-hybridized carbons (Fsp3) is 0.435. The summed E-state index contributed by atoms with van der Waals surface area (Å²) in [7, 11) is 6.78. The minimum atomic E-state index is -0.225. The maximum Gasteiger partial charge on any atom is 0.255 e. The van der Waals surface area contributed by atoms with Crippen molar-refractivity contribution in [1.82, 2.24) is 15.1 Å². The highest BCUT2D eigenvalue weighted by molar-refractivity contribution is 5.97. The summed E-state index contributed by atoms with van der Waals surface area (Å²) in [6, 6.07) is 11.7. The van der Waals surface area contributed by atoms with Gasteiger partial charge in [-0.25, -0.2) is 0 Å². The van der Waals surface area contributed by atoms with Gasteiger partial charge in [0.2, 0.25) is 0 Å². The van der Waals surface area contributed by atoms with E-state index in [9.17, 15) is 4.79 Å². The monoisotopic (exact) mass is 413 g/mol. The summed E-state index contributed by atoms with van der Waals surface area (Å²) in [6.45, 7) is 5.73. The number of nitrogens with one attached hydrogen (secondary N) is 1. The van der Waals surface area contributed by atoms with Gasteiger partial charge in [-0.2, -0.15) is 0 Å². The van der Waals surface area contributed by atoms with Gasteiger partial charge in [0.15, 0.2) is 11.5 Å². The molecule has 2 aromatic rings. The summed E-state index contributed by atoms with van der Waals surface area (Å²) in [5, 5.41) is 2.98. The van der Waals surface area contributed by atoms with Crippen molar-refractivity contribution >= 4 is 5.91 Å². The minimum Gasteiger partial charge on any atom is -0.496 e. The lowest BCUT2D eigenvalue weighted by Gasteiger charge is -2.32. The predicted molar refractivity (Wildman–Crippen MR) is 116 cm³/mol. The minimum absolute atomic E-state index is 0.225. The van der Waals surface area contributed by atoms with Crippen LogP contribution in [0.4, 0.5) is 0 Å². The van der Waals surface area contributed by atoms with Gasteiger partial charge in [0, 0.05) is 51.4 Å². The molecule has 0 saturated carbocycles. The van der Waals surface area contributed by atoms with Crippen LogP contribution in [0, 0.1) is 0 Å². The maximum absolute atomic E-state index is 12.8. The first-order valence-electron chi connectivity index (χ1n) is 10.1. The summed E-state index contributed by atoms with van der Waals surface area (Å²) >= 11 is 0. The molecule has 0 aliphatic carbocycles. The number of methoxy groups -OCH3 is 3. The fourth-order valence-electron chi connectivity index (χ4n) is 3.59. The highest BCUT2D eigenvalue weighted by Crippen LogP contribution is 2.34. The van der Waals surface area contributed by atoms with E-state index in [-0.39, 0.29) is 5.91 Å². The van der Waals surface area contributed by atoms with E-state index in [2.05, 4.69) is 34.3 Å². The normalized spacial score (nSPS) is 14.9. The molecule has 0 radical (unpaired) electrons. The standard InChI is InChI=1S/C23H31N3O4/c1-25-8-10-26(11-9-25)16-18-7-5-6-17(12-18)15-24-23(27)19-13-21(29-3)22(30-4)14-20(19)28-2/h5-7,12-14H,8-11,15-16H2,1-4H3,(H,24,27). The number of hydrogen-bond donors (Lipinski definition) is 1. The second-order valence-electron chi connectivity index (χ2n) is 7.49.